The number of alkyl halides is 3. The molecule has 0 aliphatic carbocycles. The van der Waals surface area contributed by atoms with Gasteiger partial charge in [-0.05, 0) is 0 Å². The third-order valence-electron chi connectivity index (χ3n) is 1.66. The van der Waals surface area contributed by atoms with E-state index >= 15 is 0 Å². The molecule has 1 aromatic heterocycles. The van der Waals surface area contributed by atoms with Crippen LogP contribution in [0.5, 0.6) is 0 Å². The molecule has 1 N–H and O–H groups in total. The number of nitrogens with zero attached hydrogens (tertiary/aromatic N) is 3. The summed E-state index contributed by atoms with van der Waals surface area (Å²) in [5.41, 5.74) is 0.319. The van der Waals surface area contributed by atoms with Gasteiger partial charge >= 0.3 is 6.18 Å². The van der Waals surface area contributed by atoms with Crippen molar-refractivity contribution in [2.75, 3.05) is 18.5 Å². The molecule has 0 bridgehead atoms. The number of hydrogen-bond acceptors (Lipinski definition) is 4. The van der Waals surface area contributed by atoms with Crippen molar-refractivity contribution in [1.82, 2.24) is 9.97 Å². The van der Waals surface area contributed by atoms with Gasteiger partial charge in [0.2, 0.25) is 0 Å². The van der Waals surface area contributed by atoms with Crippen LogP contribution < -0.4 is 4.90 Å². The van der Waals surface area contributed by atoms with E-state index < -0.39 is 12.7 Å². The van der Waals surface area contributed by atoms with Gasteiger partial charge in [-0.1, -0.05) is 0 Å². The SMILES string of the molecule is CN(CC(F)(F)F)c1cnc(CO)cn1. The summed E-state index contributed by atoms with van der Waals surface area (Å²) in [5, 5.41) is 8.66. The van der Waals surface area contributed by atoms with Crippen LogP contribution >= 0.6 is 0 Å². The average molecular weight is 221 g/mol. The largest absolute Gasteiger partial charge is 0.405 e. The van der Waals surface area contributed by atoms with Gasteiger partial charge in [-0.2, -0.15) is 13.2 Å². The molecule has 0 radical (unpaired) electrons. The number of anilines is 1. The maximum absolute atomic E-state index is 12.0. The van der Waals surface area contributed by atoms with Crippen molar-refractivity contribution >= 4 is 5.82 Å². The molecular weight excluding hydrogens is 211 g/mol. The quantitative estimate of drug-likeness (QED) is 0.826. The lowest BCUT2D eigenvalue weighted by Gasteiger charge is -2.19. The summed E-state index contributed by atoms with van der Waals surface area (Å²) < 4.78 is 36.0. The molecule has 0 fully saturated rings. The minimum atomic E-state index is -4.27. The summed E-state index contributed by atoms with van der Waals surface area (Å²) in [6.07, 6.45) is -1.84. The zero-order chi connectivity index (χ0) is 11.5. The van der Waals surface area contributed by atoms with Gasteiger partial charge in [-0.15, -0.1) is 0 Å². The van der Waals surface area contributed by atoms with Crippen LogP contribution in [-0.2, 0) is 6.61 Å². The minimum Gasteiger partial charge on any atom is -0.390 e. The van der Waals surface area contributed by atoms with E-state index in [0.717, 1.165) is 4.90 Å². The Hall–Kier alpha value is -1.37. The van der Waals surface area contributed by atoms with E-state index in [1.165, 1.54) is 19.4 Å². The van der Waals surface area contributed by atoms with Gasteiger partial charge in [-0.25, -0.2) is 4.98 Å². The average Bonchev–Trinajstić information content (AvgIpc) is 2.15. The molecule has 0 aromatic carbocycles. The first kappa shape index (κ1) is 11.7. The van der Waals surface area contributed by atoms with Crippen molar-refractivity contribution in [1.29, 1.82) is 0 Å². The smallest absolute Gasteiger partial charge is 0.390 e. The number of aliphatic hydroxyl groups excluding tert-OH is 1. The summed E-state index contributed by atoms with van der Waals surface area (Å²) in [7, 11) is 1.27. The number of aliphatic hydroxyl groups is 1. The monoisotopic (exact) mass is 221 g/mol. The second kappa shape index (κ2) is 4.43. The topological polar surface area (TPSA) is 49.2 Å². The number of halogens is 3. The molecule has 0 saturated carbocycles. The first-order chi connectivity index (χ1) is 6.92. The summed E-state index contributed by atoms with van der Waals surface area (Å²) in [5.74, 6) is 0.115. The normalized spacial score (nSPS) is 11.5. The zero-order valence-corrected chi connectivity index (χ0v) is 7.99. The van der Waals surface area contributed by atoms with E-state index in [0.29, 0.717) is 5.69 Å². The Kier molecular flexibility index (Phi) is 3.46. The minimum absolute atomic E-state index is 0.115. The Labute approximate surface area is 84.4 Å². The summed E-state index contributed by atoms with van der Waals surface area (Å²) in [6.45, 7) is -1.36. The molecule has 0 aliphatic rings. The molecule has 1 aromatic rings. The van der Waals surface area contributed by atoms with Gasteiger partial charge in [-0.3, -0.25) is 4.98 Å². The molecule has 7 heteroatoms. The van der Waals surface area contributed by atoms with Crippen LogP contribution in [0, 0.1) is 0 Å². The maximum Gasteiger partial charge on any atom is 0.405 e. The maximum atomic E-state index is 12.0. The molecule has 1 rings (SSSR count). The molecule has 0 aliphatic heterocycles. The van der Waals surface area contributed by atoms with Gasteiger partial charge in [0.15, 0.2) is 0 Å². The van der Waals surface area contributed by atoms with Crippen molar-refractivity contribution in [2.24, 2.45) is 0 Å². The number of rotatable bonds is 3. The van der Waals surface area contributed by atoms with Crippen molar-refractivity contribution < 1.29 is 18.3 Å². The number of hydrogen-bond donors (Lipinski definition) is 1. The Morgan fingerprint density at radius 1 is 1.33 bits per heavy atom. The fourth-order valence-electron chi connectivity index (χ4n) is 0.977. The lowest BCUT2D eigenvalue weighted by Crippen LogP contribution is -2.31. The lowest BCUT2D eigenvalue weighted by molar-refractivity contribution is -0.119. The first-order valence-corrected chi connectivity index (χ1v) is 4.12. The molecule has 0 amide bonds. The molecule has 0 unspecified atom stereocenters. The Morgan fingerprint density at radius 2 is 2.00 bits per heavy atom. The highest BCUT2D eigenvalue weighted by molar-refractivity contribution is 5.34. The molecule has 4 nitrogen and oxygen atoms in total. The second-order valence-corrected chi connectivity index (χ2v) is 3.00. The van der Waals surface area contributed by atoms with Crippen LogP contribution in [0.15, 0.2) is 12.4 Å². The van der Waals surface area contributed by atoms with Gasteiger partial charge in [0, 0.05) is 7.05 Å². The van der Waals surface area contributed by atoms with Gasteiger partial charge in [0.05, 0.1) is 24.7 Å². The van der Waals surface area contributed by atoms with Gasteiger partial charge in [0.1, 0.15) is 12.4 Å². The molecular formula is C8H10F3N3O. The van der Waals surface area contributed by atoms with E-state index in [2.05, 4.69) is 9.97 Å². The predicted octanol–water partition coefficient (Wildman–Crippen LogP) is 0.967. The van der Waals surface area contributed by atoms with Crippen molar-refractivity contribution in [2.45, 2.75) is 12.8 Å². The standard InChI is InChI=1S/C8H10F3N3O/c1-14(5-8(9,10)11)7-3-12-6(4-15)2-13-7/h2-3,15H,4-5H2,1H3. The van der Waals surface area contributed by atoms with Gasteiger partial charge in [0.25, 0.3) is 0 Å². The predicted molar refractivity (Wildman–Crippen MR) is 47.3 cm³/mol. The van der Waals surface area contributed by atoms with Crippen LogP contribution in [0.25, 0.3) is 0 Å². The van der Waals surface area contributed by atoms with Crippen molar-refractivity contribution in [3.05, 3.63) is 18.1 Å². The molecule has 15 heavy (non-hydrogen) atoms. The van der Waals surface area contributed by atoms with E-state index in [1.54, 1.807) is 0 Å². The summed E-state index contributed by atoms with van der Waals surface area (Å²) in [4.78, 5) is 8.40. The van der Waals surface area contributed by atoms with E-state index in [9.17, 15) is 13.2 Å². The highest BCUT2D eigenvalue weighted by atomic mass is 19.4. The lowest BCUT2D eigenvalue weighted by atomic mass is 10.4. The molecule has 1 heterocycles. The molecule has 84 valence electrons. The summed E-state index contributed by atoms with van der Waals surface area (Å²) >= 11 is 0. The zero-order valence-electron chi connectivity index (χ0n) is 7.99. The third-order valence-corrected chi connectivity index (χ3v) is 1.66. The van der Waals surface area contributed by atoms with Crippen LogP contribution in [0.1, 0.15) is 5.69 Å². The molecule has 0 spiro atoms. The van der Waals surface area contributed by atoms with Crippen molar-refractivity contribution in [3.8, 4) is 0 Å². The summed E-state index contributed by atoms with van der Waals surface area (Å²) in [6, 6.07) is 0. The first-order valence-electron chi connectivity index (χ1n) is 4.12. The Morgan fingerprint density at radius 3 is 2.40 bits per heavy atom. The fourth-order valence-corrected chi connectivity index (χ4v) is 0.977. The van der Waals surface area contributed by atoms with Crippen LogP contribution in [0.2, 0.25) is 0 Å². The molecule has 0 saturated heterocycles. The van der Waals surface area contributed by atoms with E-state index in [4.69, 9.17) is 5.11 Å². The fraction of sp³-hybridized carbons (Fsp3) is 0.500. The number of aromatic nitrogens is 2. The highest BCUT2D eigenvalue weighted by Gasteiger charge is 2.29. The van der Waals surface area contributed by atoms with Crippen LogP contribution in [-0.4, -0.2) is 34.8 Å². The van der Waals surface area contributed by atoms with Gasteiger partial charge < -0.3 is 10.0 Å². The molecule has 0 atom stereocenters. The Balaban J connectivity index is 2.70. The van der Waals surface area contributed by atoms with E-state index in [-0.39, 0.29) is 12.4 Å². The van der Waals surface area contributed by atoms with Crippen LogP contribution in [0.3, 0.4) is 0 Å². The third kappa shape index (κ3) is 3.70. The van der Waals surface area contributed by atoms with Crippen molar-refractivity contribution in [3.63, 3.8) is 0 Å². The Bertz CT molecular complexity index is 312. The second-order valence-electron chi connectivity index (χ2n) is 3.00. The highest BCUT2D eigenvalue weighted by Crippen LogP contribution is 2.18. The van der Waals surface area contributed by atoms with Crippen LogP contribution in [0.4, 0.5) is 19.0 Å². The van der Waals surface area contributed by atoms with E-state index in [1.807, 2.05) is 0 Å².